The number of halogens is 3. The van der Waals surface area contributed by atoms with Gasteiger partial charge in [-0.15, -0.1) is 5.10 Å². The number of hydrogen-bond acceptors (Lipinski definition) is 5. The Kier molecular flexibility index (Phi) is 3.04. The molecule has 3 aliphatic rings. The van der Waals surface area contributed by atoms with Crippen LogP contribution in [-0.2, 0) is 10.9 Å². The summed E-state index contributed by atoms with van der Waals surface area (Å²) in [6.07, 6.45) is 3.03. The van der Waals surface area contributed by atoms with Crippen LogP contribution in [0, 0.1) is 5.41 Å². The molecule has 0 bridgehead atoms. The number of alkyl halides is 3. The molecule has 1 aliphatic carbocycles. The van der Waals surface area contributed by atoms with Crippen molar-refractivity contribution in [3.8, 4) is 0 Å². The maximum absolute atomic E-state index is 13.4. The van der Waals surface area contributed by atoms with Crippen LogP contribution in [0.25, 0.3) is 0 Å². The predicted molar refractivity (Wildman–Crippen MR) is 77.6 cm³/mol. The first-order chi connectivity index (χ1) is 11.0. The summed E-state index contributed by atoms with van der Waals surface area (Å²) in [4.78, 5) is 5.78. The number of hydrogen-bond donors (Lipinski definition) is 1. The van der Waals surface area contributed by atoms with Gasteiger partial charge in [0.2, 0.25) is 5.90 Å². The van der Waals surface area contributed by atoms with Crippen LogP contribution < -0.4 is 10.3 Å². The van der Waals surface area contributed by atoms with Gasteiger partial charge in [0.15, 0.2) is 0 Å². The highest BCUT2D eigenvalue weighted by Gasteiger charge is 2.49. The lowest BCUT2D eigenvalue weighted by Gasteiger charge is -2.56. The van der Waals surface area contributed by atoms with Crippen LogP contribution in [0.3, 0.4) is 0 Å². The first-order valence-electron chi connectivity index (χ1n) is 7.44. The topological polar surface area (TPSA) is 49.8 Å². The molecular weight excluding hydrogens is 309 g/mol. The Bertz CT molecular complexity index is 686. The van der Waals surface area contributed by atoms with Crippen molar-refractivity contribution in [2.45, 2.75) is 25.4 Å². The fraction of sp³-hybridized carbons (Fsp3) is 0.467. The standard InChI is InChI=1S/C15H15F3N4O/c16-15(17,18)11-6-10(13-21-20-4-5-23-13)7-19-12(11)22-8-14(9-22)2-1-3-14/h4-7,20H,1-3,8-9H2. The van der Waals surface area contributed by atoms with E-state index in [0.717, 1.165) is 18.9 Å². The lowest BCUT2D eigenvalue weighted by molar-refractivity contribution is -0.137. The molecule has 4 rings (SSSR count). The molecule has 1 N–H and O–H groups in total. The average Bonchev–Trinajstić information content (AvgIpc) is 2.44. The number of ether oxygens (including phenoxy) is 1. The van der Waals surface area contributed by atoms with Gasteiger partial charge in [0.05, 0.1) is 17.3 Å². The van der Waals surface area contributed by atoms with Crippen molar-refractivity contribution in [1.82, 2.24) is 10.4 Å². The zero-order valence-electron chi connectivity index (χ0n) is 12.2. The highest BCUT2D eigenvalue weighted by molar-refractivity contribution is 5.95. The molecule has 0 aromatic carbocycles. The van der Waals surface area contributed by atoms with E-state index in [-0.39, 0.29) is 22.7 Å². The predicted octanol–water partition coefficient (Wildman–Crippen LogP) is 2.84. The molecule has 0 unspecified atom stereocenters. The van der Waals surface area contributed by atoms with Crippen LogP contribution in [0.15, 0.2) is 29.8 Å². The van der Waals surface area contributed by atoms with Gasteiger partial charge in [-0.3, -0.25) is 5.43 Å². The summed E-state index contributed by atoms with van der Waals surface area (Å²) in [7, 11) is 0. The Morgan fingerprint density at radius 2 is 2.04 bits per heavy atom. The third kappa shape index (κ3) is 2.42. The lowest BCUT2D eigenvalue weighted by Crippen LogP contribution is -2.60. The highest BCUT2D eigenvalue weighted by Crippen LogP contribution is 2.50. The van der Waals surface area contributed by atoms with Gasteiger partial charge in [-0.2, -0.15) is 13.2 Å². The molecule has 2 fully saturated rings. The number of nitrogens with zero attached hydrogens (tertiary/aromatic N) is 3. The van der Waals surface area contributed by atoms with Crippen LogP contribution in [0.1, 0.15) is 30.4 Å². The van der Waals surface area contributed by atoms with E-state index in [9.17, 15) is 13.2 Å². The molecule has 0 amide bonds. The zero-order valence-corrected chi connectivity index (χ0v) is 12.2. The Morgan fingerprint density at radius 3 is 2.61 bits per heavy atom. The molecule has 23 heavy (non-hydrogen) atoms. The van der Waals surface area contributed by atoms with Crippen molar-refractivity contribution >= 4 is 11.7 Å². The largest absolute Gasteiger partial charge is 0.443 e. The van der Waals surface area contributed by atoms with Crippen molar-refractivity contribution in [3.05, 3.63) is 35.9 Å². The monoisotopic (exact) mass is 324 g/mol. The molecule has 5 nitrogen and oxygen atoms in total. The first kappa shape index (κ1) is 14.3. The van der Waals surface area contributed by atoms with Crippen LogP contribution in [-0.4, -0.2) is 24.0 Å². The van der Waals surface area contributed by atoms with E-state index in [1.54, 1.807) is 4.90 Å². The molecule has 0 radical (unpaired) electrons. The molecule has 8 heteroatoms. The van der Waals surface area contributed by atoms with Crippen molar-refractivity contribution in [2.24, 2.45) is 10.5 Å². The van der Waals surface area contributed by atoms with Gasteiger partial charge in [0, 0.05) is 24.7 Å². The zero-order chi connectivity index (χ0) is 16.1. The third-order valence-electron chi connectivity index (χ3n) is 4.67. The van der Waals surface area contributed by atoms with Gasteiger partial charge in [-0.25, -0.2) is 4.98 Å². The van der Waals surface area contributed by atoms with Crippen molar-refractivity contribution in [1.29, 1.82) is 0 Å². The van der Waals surface area contributed by atoms with Crippen molar-refractivity contribution < 1.29 is 17.9 Å². The van der Waals surface area contributed by atoms with Gasteiger partial charge in [0.25, 0.3) is 0 Å². The lowest BCUT2D eigenvalue weighted by atomic mass is 9.63. The Balaban J connectivity index is 1.65. The van der Waals surface area contributed by atoms with Crippen molar-refractivity contribution in [2.75, 3.05) is 18.0 Å². The fourth-order valence-corrected chi connectivity index (χ4v) is 3.33. The van der Waals surface area contributed by atoms with Gasteiger partial charge in [-0.05, 0) is 18.9 Å². The summed E-state index contributed by atoms with van der Waals surface area (Å²) >= 11 is 0. The molecular formula is C15H15F3N4O. The first-order valence-corrected chi connectivity index (χ1v) is 7.44. The molecule has 0 atom stereocenters. The van der Waals surface area contributed by atoms with Gasteiger partial charge >= 0.3 is 6.18 Å². The molecule has 3 heterocycles. The minimum Gasteiger partial charge on any atom is -0.443 e. The van der Waals surface area contributed by atoms with E-state index in [2.05, 4.69) is 15.5 Å². The number of nitrogens with one attached hydrogen (secondary N) is 1. The van der Waals surface area contributed by atoms with E-state index in [1.165, 1.54) is 25.1 Å². The number of rotatable bonds is 2. The molecule has 2 aliphatic heterocycles. The van der Waals surface area contributed by atoms with Gasteiger partial charge in [0.1, 0.15) is 12.1 Å². The quantitative estimate of drug-likeness (QED) is 0.909. The smallest absolute Gasteiger partial charge is 0.419 e. The van der Waals surface area contributed by atoms with Crippen molar-refractivity contribution in [3.63, 3.8) is 0 Å². The average molecular weight is 324 g/mol. The van der Waals surface area contributed by atoms with E-state index in [4.69, 9.17) is 4.74 Å². The summed E-state index contributed by atoms with van der Waals surface area (Å²) in [6, 6.07) is 1.05. The second-order valence-electron chi connectivity index (χ2n) is 6.27. The summed E-state index contributed by atoms with van der Waals surface area (Å²) in [5, 5.41) is 3.81. The maximum Gasteiger partial charge on any atom is 0.419 e. The number of aromatic nitrogens is 1. The summed E-state index contributed by atoms with van der Waals surface area (Å²) < 4.78 is 45.4. The fourth-order valence-electron chi connectivity index (χ4n) is 3.33. The van der Waals surface area contributed by atoms with Crippen LogP contribution in [0.5, 0.6) is 0 Å². The molecule has 1 saturated heterocycles. The van der Waals surface area contributed by atoms with E-state index in [1.807, 2.05) is 0 Å². The van der Waals surface area contributed by atoms with E-state index in [0.29, 0.717) is 13.1 Å². The second kappa shape index (κ2) is 4.87. The molecule has 122 valence electrons. The number of anilines is 1. The molecule has 1 saturated carbocycles. The van der Waals surface area contributed by atoms with E-state index < -0.39 is 11.7 Å². The summed E-state index contributed by atoms with van der Waals surface area (Å²) in [5.41, 5.74) is 2.22. The normalized spacial score (nSPS) is 21.9. The minimum absolute atomic E-state index is 0.00122. The summed E-state index contributed by atoms with van der Waals surface area (Å²) in [5.74, 6) is 0.0646. The van der Waals surface area contributed by atoms with E-state index >= 15 is 0 Å². The maximum atomic E-state index is 13.4. The highest BCUT2D eigenvalue weighted by atomic mass is 19.4. The van der Waals surface area contributed by atoms with Crippen LogP contribution in [0.2, 0.25) is 0 Å². The number of hydrazone groups is 1. The SMILES string of the molecule is FC(F)(F)c1cc(C2=NNC=CO2)cnc1N1CC2(CCC2)C1. The molecule has 1 aromatic heterocycles. The second-order valence-corrected chi connectivity index (χ2v) is 6.27. The van der Waals surface area contributed by atoms with Gasteiger partial charge in [-0.1, -0.05) is 6.42 Å². The van der Waals surface area contributed by atoms with Crippen LogP contribution >= 0.6 is 0 Å². The third-order valence-corrected chi connectivity index (χ3v) is 4.67. The Morgan fingerprint density at radius 1 is 1.26 bits per heavy atom. The minimum atomic E-state index is -4.47. The number of pyridine rings is 1. The Hall–Kier alpha value is -2.25. The molecule has 1 aromatic rings. The summed E-state index contributed by atoms with van der Waals surface area (Å²) in [6.45, 7) is 1.31. The Labute approximate surface area is 130 Å². The van der Waals surface area contributed by atoms with Gasteiger partial charge < -0.3 is 9.64 Å². The molecule has 1 spiro atoms. The van der Waals surface area contributed by atoms with Crippen LogP contribution in [0.4, 0.5) is 19.0 Å².